The fourth-order valence-corrected chi connectivity index (χ4v) is 3.53. The van der Waals surface area contributed by atoms with Gasteiger partial charge in [0.05, 0.1) is 0 Å². The van der Waals surface area contributed by atoms with Crippen LogP contribution in [0.15, 0.2) is 35.7 Å². The average molecular weight is 354 g/mol. The van der Waals surface area contributed by atoms with Crippen molar-refractivity contribution in [3.63, 3.8) is 0 Å². The Hall–Kier alpha value is -1.73. The van der Waals surface area contributed by atoms with Gasteiger partial charge in [-0.1, -0.05) is 13.0 Å². The summed E-state index contributed by atoms with van der Waals surface area (Å²) in [5, 5.41) is 0. The zero-order chi connectivity index (χ0) is 17.7. The van der Waals surface area contributed by atoms with E-state index in [0.29, 0.717) is 19.0 Å². The second kappa shape index (κ2) is 7.90. The predicted octanol–water partition coefficient (Wildman–Crippen LogP) is 2.55. The molecule has 1 saturated carbocycles. The SMILES string of the molecule is C=CCNS(=O)(=O)c1cc(C(=O)N(CCC)CC2CC2)ccc1F. The molecule has 1 amide bonds. The van der Waals surface area contributed by atoms with Crippen molar-refractivity contribution in [2.75, 3.05) is 19.6 Å². The Morgan fingerprint density at radius 3 is 2.75 bits per heavy atom. The average Bonchev–Trinajstić information content (AvgIpc) is 3.36. The highest BCUT2D eigenvalue weighted by atomic mass is 32.2. The fraction of sp³-hybridized carbons (Fsp3) is 0.471. The number of amides is 1. The number of rotatable bonds is 9. The Labute approximate surface area is 142 Å². The number of nitrogens with zero attached hydrogens (tertiary/aromatic N) is 1. The number of halogens is 1. The first kappa shape index (κ1) is 18.6. The molecule has 1 aromatic rings. The molecule has 132 valence electrons. The van der Waals surface area contributed by atoms with Crippen LogP contribution in [0.5, 0.6) is 0 Å². The van der Waals surface area contributed by atoms with Crippen molar-refractivity contribution >= 4 is 15.9 Å². The van der Waals surface area contributed by atoms with Crippen LogP contribution in [0.1, 0.15) is 36.5 Å². The van der Waals surface area contributed by atoms with Crippen molar-refractivity contribution in [1.82, 2.24) is 9.62 Å². The van der Waals surface area contributed by atoms with Crippen LogP contribution in [0.25, 0.3) is 0 Å². The van der Waals surface area contributed by atoms with Crippen molar-refractivity contribution < 1.29 is 17.6 Å². The molecule has 5 nitrogen and oxygen atoms in total. The monoisotopic (exact) mass is 354 g/mol. The van der Waals surface area contributed by atoms with E-state index in [0.717, 1.165) is 31.4 Å². The molecule has 1 N–H and O–H groups in total. The molecule has 0 atom stereocenters. The van der Waals surface area contributed by atoms with Crippen LogP contribution in [-0.4, -0.2) is 38.9 Å². The number of carbonyl (C=O) groups is 1. The van der Waals surface area contributed by atoms with Gasteiger partial charge in [-0.25, -0.2) is 17.5 Å². The van der Waals surface area contributed by atoms with Crippen molar-refractivity contribution in [2.45, 2.75) is 31.1 Å². The standard InChI is InChI=1S/C17H23FN2O3S/c1-3-9-19-24(22,23)16-11-14(7-8-15(16)18)17(21)20(10-4-2)12-13-5-6-13/h3,7-8,11,13,19H,1,4-6,9-10,12H2,2H3. The van der Waals surface area contributed by atoms with Crippen molar-refractivity contribution in [3.8, 4) is 0 Å². The van der Waals surface area contributed by atoms with Gasteiger partial charge in [-0.3, -0.25) is 4.79 Å². The van der Waals surface area contributed by atoms with E-state index < -0.39 is 20.7 Å². The molecule has 0 aromatic heterocycles. The molecule has 1 aromatic carbocycles. The second-order valence-electron chi connectivity index (χ2n) is 5.98. The Balaban J connectivity index is 2.28. The molecule has 0 saturated heterocycles. The van der Waals surface area contributed by atoms with Gasteiger partial charge in [-0.05, 0) is 43.4 Å². The highest BCUT2D eigenvalue weighted by Crippen LogP contribution is 2.30. The molecule has 24 heavy (non-hydrogen) atoms. The van der Waals surface area contributed by atoms with Gasteiger partial charge in [0, 0.05) is 25.2 Å². The molecular weight excluding hydrogens is 331 g/mol. The Morgan fingerprint density at radius 2 is 2.17 bits per heavy atom. The van der Waals surface area contributed by atoms with E-state index in [9.17, 15) is 17.6 Å². The number of hydrogen-bond donors (Lipinski definition) is 1. The first-order valence-electron chi connectivity index (χ1n) is 8.08. The maximum absolute atomic E-state index is 14.0. The van der Waals surface area contributed by atoms with E-state index in [1.165, 1.54) is 12.1 Å². The summed E-state index contributed by atoms with van der Waals surface area (Å²) in [6, 6.07) is 3.47. The van der Waals surface area contributed by atoms with Crippen LogP contribution in [0, 0.1) is 11.7 Å². The van der Waals surface area contributed by atoms with Gasteiger partial charge in [-0.15, -0.1) is 6.58 Å². The van der Waals surface area contributed by atoms with Gasteiger partial charge >= 0.3 is 0 Å². The molecule has 0 bridgehead atoms. The minimum atomic E-state index is -4.02. The zero-order valence-corrected chi connectivity index (χ0v) is 14.6. The minimum Gasteiger partial charge on any atom is -0.338 e. The third-order valence-electron chi connectivity index (χ3n) is 3.84. The van der Waals surface area contributed by atoms with E-state index >= 15 is 0 Å². The number of benzene rings is 1. The summed E-state index contributed by atoms with van der Waals surface area (Å²) in [7, 11) is -4.02. The molecule has 0 aliphatic heterocycles. The predicted molar refractivity (Wildman–Crippen MR) is 90.7 cm³/mol. The normalized spacial score (nSPS) is 14.4. The maximum atomic E-state index is 14.0. The lowest BCUT2D eigenvalue weighted by Crippen LogP contribution is -2.34. The topological polar surface area (TPSA) is 66.5 Å². The lowest BCUT2D eigenvalue weighted by atomic mass is 10.1. The van der Waals surface area contributed by atoms with E-state index in [1.807, 2.05) is 6.92 Å². The molecule has 1 aliphatic rings. The first-order chi connectivity index (χ1) is 11.4. The molecule has 0 radical (unpaired) electrons. The highest BCUT2D eigenvalue weighted by molar-refractivity contribution is 7.89. The highest BCUT2D eigenvalue weighted by Gasteiger charge is 2.28. The van der Waals surface area contributed by atoms with Crippen LogP contribution in [0.2, 0.25) is 0 Å². The fourth-order valence-electron chi connectivity index (χ4n) is 2.43. The summed E-state index contributed by atoms with van der Waals surface area (Å²) in [5.41, 5.74) is 0.185. The Kier molecular flexibility index (Phi) is 6.12. The van der Waals surface area contributed by atoms with Gasteiger partial charge in [-0.2, -0.15) is 0 Å². The second-order valence-corrected chi connectivity index (χ2v) is 7.72. The molecule has 2 rings (SSSR count). The third kappa shape index (κ3) is 4.64. The number of sulfonamides is 1. The summed E-state index contributed by atoms with van der Waals surface area (Å²) in [4.78, 5) is 13.9. The number of carbonyl (C=O) groups excluding carboxylic acids is 1. The largest absolute Gasteiger partial charge is 0.338 e. The van der Waals surface area contributed by atoms with Crippen LogP contribution in [0.4, 0.5) is 4.39 Å². The van der Waals surface area contributed by atoms with Crippen molar-refractivity contribution in [2.24, 2.45) is 5.92 Å². The first-order valence-corrected chi connectivity index (χ1v) is 9.56. The quantitative estimate of drug-likeness (QED) is 0.693. The van der Waals surface area contributed by atoms with Crippen LogP contribution >= 0.6 is 0 Å². The van der Waals surface area contributed by atoms with Gasteiger partial charge in [0.25, 0.3) is 5.91 Å². The smallest absolute Gasteiger partial charge is 0.253 e. The van der Waals surface area contributed by atoms with Crippen LogP contribution in [0.3, 0.4) is 0 Å². The van der Waals surface area contributed by atoms with Gasteiger partial charge in [0.1, 0.15) is 10.7 Å². The summed E-state index contributed by atoms with van der Waals surface area (Å²) in [5.74, 6) is -0.616. The van der Waals surface area contributed by atoms with E-state index in [2.05, 4.69) is 11.3 Å². The number of hydrogen-bond acceptors (Lipinski definition) is 3. The Bertz CT molecular complexity index is 715. The maximum Gasteiger partial charge on any atom is 0.253 e. The van der Waals surface area contributed by atoms with Crippen molar-refractivity contribution in [1.29, 1.82) is 0 Å². The molecule has 0 heterocycles. The number of nitrogens with one attached hydrogen (secondary N) is 1. The lowest BCUT2D eigenvalue weighted by Gasteiger charge is -2.22. The molecule has 1 fully saturated rings. The zero-order valence-electron chi connectivity index (χ0n) is 13.8. The summed E-state index contributed by atoms with van der Waals surface area (Å²) >= 11 is 0. The van der Waals surface area contributed by atoms with E-state index in [4.69, 9.17) is 0 Å². The van der Waals surface area contributed by atoms with Gasteiger partial charge < -0.3 is 4.90 Å². The minimum absolute atomic E-state index is 0.0103. The van der Waals surface area contributed by atoms with Crippen molar-refractivity contribution in [3.05, 3.63) is 42.2 Å². The molecular formula is C17H23FN2O3S. The molecule has 1 aliphatic carbocycles. The van der Waals surface area contributed by atoms with E-state index in [1.54, 1.807) is 4.90 Å². The van der Waals surface area contributed by atoms with Crippen LogP contribution in [-0.2, 0) is 10.0 Å². The van der Waals surface area contributed by atoms with E-state index in [-0.39, 0.29) is 18.0 Å². The summed E-state index contributed by atoms with van der Waals surface area (Å²) < 4.78 is 40.5. The molecule has 0 spiro atoms. The lowest BCUT2D eigenvalue weighted by molar-refractivity contribution is 0.0747. The Morgan fingerprint density at radius 1 is 1.46 bits per heavy atom. The summed E-state index contributed by atoms with van der Waals surface area (Å²) in [6.45, 7) is 6.66. The summed E-state index contributed by atoms with van der Waals surface area (Å²) in [6.07, 6.45) is 4.40. The van der Waals surface area contributed by atoms with Crippen LogP contribution < -0.4 is 4.72 Å². The van der Waals surface area contributed by atoms with Gasteiger partial charge in [0.2, 0.25) is 10.0 Å². The van der Waals surface area contributed by atoms with Gasteiger partial charge in [0.15, 0.2) is 0 Å². The third-order valence-corrected chi connectivity index (χ3v) is 5.28. The molecule has 7 heteroatoms. The molecule has 0 unspecified atom stereocenters.